The molecule has 2 N–H and O–H groups in total. The zero-order chi connectivity index (χ0) is 13.3. The van der Waals surface area contributed by atoms with Crippen LogP contribution in [0.3, 0.4) is 0 Å². The largest absolute Gasteiger partial charge is 0.389 e. The van der Waals surface area contributed by atoms with Gasteiger partial charge < -0.3 is 15.4 Å². The second-order valence-corrected chi connectivity index (χ2v) is 5.12. The molecule has 6 heteroatoms. The Morgan fingerprint density at radius 1 is 1.44 bits per heavy atom. The Bertz CT molecular complexity index is 455. The number of aryl methyl sites for hydroxylation is 1. The van der Waals surface area contributed by atoms with E-state index in [4.69, 9.17) is 22.7 Å². The summed E-state index contributed by atoms with van der Waals surface area (Å²) in [5, 5.41) is 0. The van der Waals surface area contributed by atoms with Gasteiger partial charge in [-0.2, -0.15) is 0 Å². The van der Waals surface area contributed by atoms with E-state index in [1.54, 1.807) is 6.20 Å². The third-order valence-electron chi connectivity index (χ3n) is 2.87. The van der Waals surface area contributed by atoms with E-state index in [0.717, 1.165) is 30.3 Å². The summed E-state index contributed by atoms with van der Waals surface area (Å²) < 4.78 is 5.72. The van der Waals surface area contributed by atoms with E-state index >= 15 is 0 Å². The molecule has 0 unspecified atom stereocenters. The molecule has 1 fully saturated rings. The monoisotopic (exact) mass is 266 g/mol. The van der Waals surface area contributed by atoms with Crippen LogP contribution in [0.2, 0.25) is 0 Å². The van der Waals surface area contributed by atoms with E-state index in [9.17, 15) is 0 Å². The average molecular weight is 266 g/mol. The van der Waals surface area contributed by atoms with Crippen molar-refractivity contribution in [3.05, 3.63) is 17.6 Å². The molecular weight excluding hydrogens is 248 g/mol. The molecular formula is C12H18N4OS. The second-order valence-electron chi connectivity index (χ2n) is 4.68. The van der Waals surface area contributed by atoms with Crippen molar-refractivity contribution in [2.75, 3.05) is 18.0 Å². The first-order chi connectivity index (χ1) is 8.47. The molecule has 5 nitrogen and oxygen atoms in total. The van der Waals surface area contributed by atoms with Crippen molar-refractivity contribution in [2.24, 2.45) is 5.73 Å². The zero-order valence-electron chi connectivity index (χ0n) is 10.9. The summed E-state index contributed by atoms with van der Waals surface area (Å²) in [5.41, 5.74) is 6.47. The van der Waals surface area contributed by atoms with Crippen molar-refractivity contribution in [3.8, 4) is 0 Å². The molecule has 2 rings (SSSR count). The quantitative estimate of drug-likeness (QED) is 0.807. The van der Waals surface area contributed by atoms with Gasteiger partial charge in [-0.15, -0.1) is 0 Å². The number of nitrogens with zero attached hydrogens (tertiary/aromatic N) is 3. The second kappa shape index (κ2) is 5.16. The molecule has 1 aromatic rings. The maximum Gasteiger partial charge on any atom is 0.142 e. The molecule has 0 aliphatic carbocycles. The summed E-state index contributed by atoms with van der Waals surface area (Å²) in [6.07, 6.45) is 2.04. The van der Waals surface area contributed by atoms with Crippen LogP contribution in [0.4, 0.5) is 5.82 Å². The number of aromatic nitrogens is 2. The molecule has 1 aliphatic rings. The first-order valence-corrected chi connectivity index (χ1v) is 6.42. The van der Waals surface area contributed by atoms with Gasteiger partial charge in [0.2, 0.25) is 0 Å². The zero-order valence-corrected chi connectivity index (χ0v) is 11.7. The fourth-order valence-corrected chi connectivity index (χ4v) is 2.37. The lowest BCUT2D eigenvalue weighted by molar-refractivity contribution is -0.00548. The Kier molecular flexibility index (Phi) is 3.77. The molecule has 2 atom stereocenters. The van der Waals surface area contributed by atoms with Crippen molar-refractivity contribution in [1.82, 2.24) is 9.97 Å². The highest BCUT2D eigenvalue weighted by Crippen LogP contribution is 2.22. The minimum absolute atomic E-state index is 0.170. The lowest BCUT2D eigenvalue weighted by Crippen LogP contribution is -2.46. The predicted octanol–water partition coefficient (Wildman–Crippen LogP) is 1.03. The molecule has 0 amide bonds. The molecule has 0 aromatic carbocycles. The van der Waals surface area contributed by atoms with E-state index in [1.807, 2.05) is 6.92 Å². The standard InChI is InChI=1S/C12H18N4OS/c1-7-5-16(6-8(2)17-7)12-10(11(13)18)4-14-9(3)15-12/h4,7-8H,5-6H2,1-3H3,(H2,13,18)/t7-,8+. The van der Waals surface area contributed by atoms with E-state index < -0.39 is 0 Å². The summed E-state index contributed by atoms with van der Waals surface area (Å²) in [7, 11) is 0. The van der Waals surface area contributed by atoms with Gasteiger partial charge in [-0.05, 0) is 20.8 Å². The topological polar surface area (TPSA) is 64.3 Å². The summed E-state index contributed by atoms with van der Waals surface area (Å²) >= 11 is 5.06. The van der Waals surface area contributed by atoms with Crippen molar-refractivity contribution in [3.63, 3.8) is 0 Å². The van der Waals surface area contributed by atoms with Crippen LogP contribution in [-0.4, -0.2) is 40.3 Å². The van der Waals surface area contributed by atoms with Crippen LogP contribution in [0.1, 0.15) is 25.2 Å². The normalized spacial score (nSPS) is 24.1. The van der Waals surface area contributed by atoms with Gasteiger partial charge in [0.1, 0.15) is 16.6 Å². The first kappa shape index (κ1) is 13.2. The molecule has 0 saturated carbocycles. The molecule has 98 valence electrons. The Morgan fingerprint density at radius 3 is 2.61 bits per heavy atom. The van der Waals surface area contributed by atoms with Crippen molar-refractivity contribution < 1.29 is 4.74 Å². The first-order valence-electron chi connectivity index (χ1n) is 6.01. The molecule has 1 aromatic heterocycles. The predicted molar refractivity (Wildman–Crippen MR) is 74.9 cm³/mol. The molecule has 1 saturated heterocycles. The highest BCUT2D eigenvalue weighted by Gasteiger charge is 2.25. The molecule has 1 aliphatic heterocycles. The SMILES string of the molecule is Cc1ncc(C(N)=S)c(N2C[C@@H](C)O[C@@H](C)C2)n1. The lowest BCUT2D eigenvalue weighted by Gasteiger charge is -2.36. The van der Waals surface area contributed by atoms with E-state index in [0.29, 0.717) is 4.99 Å². The van der Waals surface area contributed by atoms with Gasteiger partial charge in [0.25, 0.3) is 0 Å². The molecule has 0 spiro atoms. The minimum atomic E-state index is 0.170. The van der Waals surface area contributed by atoms with Crippen LogP contribution < -0.4 is 10.6 Å². The number of ether oxygens (including phenoxy) is 1. The fourth-order valence-electron chi connectivity index (χ4n) is 2.22. The van der Waals surface area contributed by atoms with E-state index in [1.165, 1.54) is 0 Å². The molecule has 0 bridgehead atoms. The van der Waals surface area contributed by atoms with Gasteiger partial charge in [0, 0.05) is 19.3 Å². The van der Waals surface area contributed by atoms with Crippen molar-refractivity contribution in [2.45, 2.75) is 33.0 Å². The van der Waals surface area contributed by atoms with Gasteiger partial charge in [-0.25, -0.2) is 9.97 Å². The van der Waals surface area contributed by atoms with E-state index in [-0.39, 0.29) is 12.2 Å². The number of hydrogen-bond acceptors (Lipinski definition) is 5. The Balaban J connectivity index is 2.36. The number of anilines is 1. The summed E-state index contributed by atoms with van der Waals surface area (Å²) in [6.45, 7) is 7.54. The summed E-state index contributed by atoms with van der Waals surface area (Å²) in [5.74, 6) is 1.54. The van der Waals surface area contributed by atoms with Gasteiger partial charge in [0.15, 0.2) is 0 Å². The lowest BCUT2D eigenvalue weighted by atomic mass is 10.2. The fraction of sp³-hybridized carbons (Fsp3) is 0.583. The maximum atomic E-state index is 5.73. The van der Waals surface area contributed by atoms with Crippen LogP contribution in [0, 0.1) is 6.92 Å². The number of thiocarbonyl (C=S) groups is 1. The van der Waals surface area contributed by atoms with Crippen molar-refractivity contribution in [1.29, 1.82) is 0 Å². The number of morpholine rings is 1. The van der Waals surface area contributed by atoms with Crippen LogP contribution >= 0.6 is 12.2 Å². The number of nitrogens with two attached hydrogens (primary N) is 1. The van der Waals surface area contributed by atoms with E-state index in [2.05, 4.69) is 28.7 Å². The van der Waals surface area contributed by atoms with Crippen LogP contribution in [0.15, 0.2) is 6.20 Å². The van der Waals surface area contributed by atoms with Crippen LogP contribution in [0.5, 0.6) is 0 Å². The molecule has 0 radical (unpaired) electrons. The highest BCUT2D eigenvalue weighted by molar-refractivity contribution is 7.80. The van der Waals surface area contributed by atoms with Crippen LogP contribution in [-0.2, 0) is 4.74 Å². The average Bonchev–Trinajstić information content (AvgIpc) is 2.27. The van der Waals surface area contributed by atoms with Crippen molar-refractivity contribution >= 4 is 23.0 Å². The Labute approximate surface area is 112 Å². The van der Waals surface area contributed by atoms with Gasteiger partial charge in [-0.1, -0.05) is 12.2 Å². The number of hydrogen-bond donors (Lipinski definition) is 1. The third kappa shape index (κ3) is 2.76. The summed E-state index contributed by atoms with van der Waals surface area (Å²) in [4.78, 5) is 11.1. The number of rotatable bonds is 2. The van der Waals surface area contributed by atoms with Crippen LogP contribution in [0.25, 0.3) is 0 Å². The minimum Gasteiger partial charge on any atom is -0.389 e. The Morgan fingerprint density at radius 2 is 2.06 bits per heavy atom. The van der Waals surface area contributed by atoms with Gasteiger partial charge >= 0.3 is 0 Å². The summed E-state index contributed by atoms with van der Waals surface area (Å²) in [6, 6.07) is 0. The molecule has 2 heterocycles. The highest BCUT2D eigenvalue weighted by atomic mass is 32.1. The Hall–Kier alpha value is -1.27. The smallest absolute Gasteiger partial charge is 0.142 e. The van der Waals surface area contributed by atoms with Gasteiger partial charge in [0.05, 0.1) is 17.8 Å². The van der Waals surface area contributed by atoms with Gasteiger partial charge in [-0.3, -0.25) is 0 Å². The maximum absolute atomic E-state index is 5.73. The molecule has 18 heavy (non-hydrogen) atoms. The third-order valence-corrected chi connectivity index (χ3v) is 3.09.